The molecule has 0 aliphatic heterocycles. The van der Waals surface area contributed by atoms with Gasteiger partial charge in [-0.05, 0) is 29.8 Å². The standard InChI is InChI=1S/C15H14N2O4/c1-21-12-4-2-3-11(7-12)14(18)17-9-10-5-6-13(15(19)20)16-8-10/h2-8H,9H2,1H3,(H,17,18)(H,19,20). The summed E-state index contributed by atoms with van der Waals surface area (Å²) in [5.41, 5.74) is 1.18. The summed E-state index contributed by atoms with van der Waals surface area (Å²) in [5, 5.41) is 11.5. The molecule has 6 nitrogen and oxygen atoms in total. The molecule has 0 bridgehead atoms. The third-order valence-electron chi connectivity index (χ3n) is 2.83. The lowest BCUT2D eigenvalue weighted by Gasteiger charge is -2.07. The number of ether oxygens (including phenoxy) is 1. The zero-order valence-corrected chi connectivity index (χ0v) is 11.4. The van der Waals surface area contributed by atoms with Crippen LogP contribution in [0.4, 0.5) is 0 Å². The first-order valence-corrected chi connectivity index (χ1v) is 6.20. The van der Waals surface area contributed by atoms with Crippen molar-refractivity contribution in [2.45, 2.75) is 6.54 Å². The number of carboxylic acids is 1. The predicted octanol–water partition coefficient (Wildman–Crippen LogP) is 1.72. The summed E-state index contributed by atoms with van der Waals surface area (Å²) in [5.74, 6) is -0.715. The van der Waals surface area contributed by atoms with E-state index in [1.54, 1.807) is 30.3 Å². The van der Waals surface area contributed by atoms with E-state index in [2.05, 4.69) is 10.3 Å². The smallest absolute Gasteiger partial charge is 0.354 e. The number of nitrogens with one attached hydrogen (secondary N) is 1. The van der Waals surface area contributed by atoms with Crippen LogP contribution in [0.15, 0.2) is 42.6 Å². The molecule has 1 aromatic carbocycles. The fraction of sp³-hybridized carbons (Fsp3) is 0.133. The van der Waals surface area contributed by atoms with Gasteiger partial charge in [-0.1, -0.05) is 12.1 Å². The van der Waals surface area contributed by atoms with E-state index in [0.717, 1.165) is 5.56 Å². The van der Waals surface area contributed by atoms with Gasteiger partial charge in [-0.15, -0.1) is 0 Å². The van der Waals surface area contributed by atoms with Gasteiger partial charge in [-0.2, -0.15) is 0 Å². The number of nitrogens with zero attached hydrogens (tertiary/aromatic N) is 1. The van der Waals surface area contributed by atoms with E-state index in [1.807, 2.05) is 0 Å². The maximum atomic E-state index is 12.0. The molecule has 108 valence electrons. The highest BCUT2D eigenvalue weighted by Crippen LogP contribution is 2.12. The van der Waals surface area contributed by atoms with Crippen LogP contribution in [-0.4, -0.2) is 29.1 Å². The molecule has 1 heterocycles. The van der Waals surface area contributed by atoms with Crippen LogP contribution in [0.1, 0.15) is 26.4 Å². The Hall–Kier alpha value is -2.89. The Morgan fingerprint density at radius 3 is 2.71 bits per heavy atom. The summed E-state index contributed by atoms with van der Waals surface area (Å²) in [4.78, 5) is 26.4. The average Bonchev–Trinajstić information content (AvgIpc) is 2.53. The molecule has 2 rings (SSSR count). The number of carbonyl (C=O) groups excluding carboxylic acids is 1. The number of carbonyl (C=O) groups is 2. The Kier molecular flexibility index (Phi) is 4.50. The molecule has 21 heavy (non-hydrogen) atoms. The minimum Gasteiger partial charge on any atom is -0.497 e. The molecule has 1 amide bonds. The molecule has 0 unspecified atom stereocenters. The van der Waals surface area contributed by atoms with Gasteiger partial charge in [0.15, 0.2) is 0 Å². The van der Waals surface area contributed by atoms with Crippen LogP contribution in [0.25, 0.3) is 0 Å². The van der Waals surface area contributed by atoms with Gasteiger partial charge in [0, 0.05) is 18.3 Å². The molecule has 1 aromatic heterocycles. The third kappa shape index (κ3) is 3.79. The molecule has 6 heteroatoms. The van der Waals surface area contributed by atoms with E-state index in [1.165, 1.54) is 19.4 Å². The van der Waals surface area contributed by atoms with E-state index in [-0.39, 0.29) is 18.1 Å². The molecule has 2 N–H and O–H groups in total. The van der Waals surface area contributed by atoms with Crippen LogP contribution in [0.2, 0.25) is 0 Å². The van der Waals surface area contributed by atoms with E-state index < -0.39 is 5.97 Å². The Bertz CT molecular complexity index is 653. The van der Waals surface area contributed by atoms with Crippen molar-refractivity contribution in [1.82, 2.24) is 10.3 Å². The van der Waals surface area contributed by atoms with Gasteiger partial charge >= 0.3 is 5.97 Å². The number of aromatic nitrogens is 1. The van der Waals surface area contributed by atoms with Gasteiger partial charge in [-0.3, -0.25) is 4.79 Å². The van der Waals surface area contributed by atoms with E-state index in [0.29, 0.717) is 11.3 Å². The normalized spacial score (nSPS) is 9.95. The largest absolute Gasteiger partial charge is 0.497 e. The maximum Gasteiger partial charge on any atom is 0.354 e. The van der Waals surface area contributed by atoms with Crippen molar-refractivity contribution in [3.63, 3.8) is 0 Å². The second kappa shape index (κ2) is 6.51. The first kappa shape index (κ1) is 14.5. The fourth-order valence-corrected chi connectivity index (χ4v) is 1.70. The number of methoxy groups -OCH3 is 1. The minimum absolute atomic E-state index is 0.0297. The first-order valence-electron chi connectivity index (χ1n) is 6.20. The molecule has 0 saturated carbocycles. The van der Waals surface area contributed by atoms with Crippen molar-refractivity contribution in [2.75, 3.05) is 7.11 Å². The fourth-order valence-electron chi connectivity index (χ4n) is 1.70. The maximum absolute atomic E-state index is 12.0. The lowest BCUT2D eigenvalue weighted by Crippen LogP contribution is -2.22. The molecule has 2 aromatic rings. The lowest BCUT2D eigenvalue weighted by atomic mass is 10.2. The third-order valence-corrected chi connectivity index (χ3v) is 2.83. The van der Waals surface area contributed by atoms with Crippen LogP contribution in [0, 0.1) is 0 Å². The van der Waals surface area contributed by atoms with Crippen molar-refractivity contribution in [1.29, 1.82) is 0 Å². The van der Waals surface area contributed by atoms with Gasteiger partial charge in [-0.25, -0.2) is 9.78 Å². The molecule has 0 aliphatic rings. The van der Waals surface area contributed by atoms with E-state index >= 15 is 0 Å². The van der Waals surface area contributed by atoms with Crippen molar-refractivity contribution < 1.29 is 19.4 Å². The zero-order valence-electron chi connectivity index (χ0n) is 11.4. The number of carboxylic acid groups (broad SMARTS) is 1. The Labute approximate surface area is 121 Å². The van der Waals surface area contributed by atoms with Crippen molar-refractivity contribution in [3.8, 4) is 5.75 Å². The quantitative estimate of drug-likeness (QED) is 0.873. The number of hydrogen-bond donors (Lipinski definition) is 2. The van der Waals surface area contributed by atoms with Gasteiger partial charge < -0.3 is 15.2 Å². The van der Waals surface area contributed by atoms with Gasteiger partial charge in [0.2, 0.25) is 0 Å². The van der Waals surface area contributed by atoms with Crippen LogP contribution in [0.5, 0.6) is 5.75 Å². The van der Waals surface area contributed by atoms with Crippen LogP contribution < -0.4 is 10.1 Å². The molecule has 0 spiro atoms. The van der Waals surface area contributed by atoms with Crippen LogP contribution >= 0.6 is 0 Å². The molecule has 0 radical (unpaired) electrons. The summed E-state index contributed by atoms with van der Waals surface area (Å²) < 4.78 is 5.06. The van der Waals surface area contributed by atoms with Crippen LogP contribution in [-0.2, 0) is 6.54 Å². The van der Waals surface area contributed by atoms with Crippen molar-refractivity contribution in [3.05, 3.63) is 59.4 Å². The lowest BCUT2D eigenvalue weighted by molar-refractivity contribution is 0.0690. The number of rotatable bonds is 5. The van der Waals surface area contributed by atoms with Gasteiger partial charge in [0.25, 0.3) is 5.91 Å². The highest BCUT2D eigenvalue weighted by atomic mass is 16.5. The summed E-state index contributed by atoms with van der Waals surface area (Å²) >= 11 is 0. The minimum atomic E-state index is -1.08. The number of amides is 1. The molecule has 0 atom stereocenters. The molecular formula is C15H14N2O4. The second-order valence-electron chi connectivity index (χ2n) is 4.27. The summed E-state index contributed by atoms with van der Waals surface area (Å²) in [6, 6.07) is 9.82. The van der Waals surface area contributed by atoms with Gasteiger partial charge in [0.05, 0.1) is 7.11 Å². The number of benzene rings is 1. The number of hydrogen-bond acceptors (Lipinski definition) is 4. The molecule has 0 aliphatic carbocycles. The number of aromatic carboxylic acids is 1. The van der Waals surface area contributed by atoms with Crippen molar-refractivity contribution >= 4 is 11.9 Å². The SMILES string of the molecule is COc1cccc(C(=O)NCc2ccc(C(=O)O)nc2)c1. The number of pyridine rings is 1. The predicted molar refractivity (Wildman–Crippen MR) is 75.4 cm³/mol. The second-order valence-corrected chi connectivity index (χ2v) is 4.27. The van der Waals surface area contributed by atoms with Crippen molar-refractivity contribution in [2.24, 2.45) is 0 Å². The first-order chi connectivity index (χ1) is 10.1. The summed E-state index contributed by atoms with van der Waals surface area (Å²) in [6.45, 7) is 0.267. The topological polar surface area (TPSA) is 88.5 Å². The van der Waals surface area contributed by atoms with E-state index in [4.69, 9.17) is 9.84 Å². The zero-order chi connectivity index (χ0) is 15.2. The molecular weight excluding hydrogens is 272 g/mol. The molecule has 0 fully saturated rings. The van der Waals surface area contributed by atoms with Crippen LogP contribution in [0.3, 0.4) is 0 Å². The summed E-state index contributed by atoms with van der Waals surface area (Å²) in [6.07, 6.45) is 1.43. The Morgan fingerprint density at radius 2 is 2.10 bits per heavy atom. The monoisotopic (exact) mass is 286 g/mol. The van der Waals surface area contributed by atoms with Gasteiger partial charge in [0.1, 0.15) is 11.4 Å². The highest BCUT2D eigenvalue weighted by molar-refractivity contribution is 5.94. The highest BCUT2D eigenvalue weighted by Gasteiger charge is 2.07. The Balaban J connectivity index is 1.98. The Morgan fingerprint density at radius 1 is 1.29 bits per heavy atom. The average molecular weight is 286 g/mol. The molecule has 0 saturated heterocycles. The summed E-state index contributed by atoms with van der Waals surface area (Å²) in [7, 11) is 1.53. The van der Waals surface area contributed by atoms with E-state index in [9.17, 15) is 9.59 Å².